The number of non-ortho nitro benzene ring substituents is 1. The van der Waals surface area contributed by atoms with Crippen molar-refractivity contribution >= 4 is 23.1 Å². The largest absolute Gasteiger partial charge is 0.493 e. The van der Waals surface area contributed by atoms with E-state index in [0.717, 1.165) is 25.7 Å². The lowest BCUT2D eigenvalue weighted by Gasteiger charge is -2.36. The van der Waals surface area contributed by atoms with Crippen LogP contribution >= 0.6 is 0 Å². The molecule has 1 aliphatic carbocycles. The van der Waals surface area contributed by atoms with Crippen molar-refractivity contribution in [3.8, 4) is 11.5 Å². The van der Waals surface area contributed by atoms with Gasteiger partial charge in [0.15, 0.2) is 17.3 Å². The molecule has 1 amide bonds. The van der Waals surface area contributed by atoms with Gasteiger partial charge in [0.05, 0.1) is 19.1 Å². The third kappa shape index (κ3) is 6.22. The van der Waals surface area contributed by atoms with Crippen LogP contribution < -0.4 is 14.4 Å². The van der Waals surface area contributed by atoms with Gasteiger partial charge in [-0.1, -0.05) is 52.9 Å². The molecule has 0 bridgehead atoms. The molecule has 0 heterocycles. The van der Waals surface area contributed by atoms with Gasteiger partial charge >= 0.3 is 0 Å². The van der Waals surface area contributed by atoms with Gasteiger partial charge in [0.2, 0.25) is 5.91 Å². The Balaban J connectivity index is 2.15. The summed E-state index contributed by atoms with van der Waals surface area (Å²) in [4.78, 5) is 40.2. The second-order valence-electron chi connectivity index (χ2n) is 10.4. The number of benzene rings is 2. The predicted octanol–water partition coefficient (Wildman–Crippen LogP) is 6.27. The Bertz CT molecular complexity index is 1080. The molecule has 2 aromatic rings. The predicted molar refractivity (Wildman–Crippen MR) is 139 cm³/mol. The first kappa shape index (κ1) is 27.2. The van der Waals surface area contributed by atoms with Crippen molar-refractivity contribution in [1.82, 2.24) is 0 Å². The highest BCUT2D eigenvalue weighted by Crippen LogP contribution is 2.39. The Morgan fingerprint density at radius 1 is 1.00 bits per heavy atom. The summed E-state index contributed by atoms with van der Waals surface area (Å²) in [5, 5.41) is 11.3. The zero-order valence-corrected chi connectivity index (χ0v) is 21.8. The highest BCUT2D eigenvalue weighted by molar-refractivity contribution is 6.04. The number of carbonyl (C=O) groups excluding carboxylic acids is 2. The Hall–Kier alpha value is -3.42. The zero-order chi connectivity index (χ0) is 26.5. The number of nitrogens with zero attached hydrogens (tertiary/aromatic N) is 2. The third-order valence-corrected chi connectivity index (χ3v) is 6.70. The highest BCUT2D eigenvalue weighted by atomic mass is 16.6. The molecule has 0 spiro atoms. The van der Waals surface area contributed by atoms with Crippen LogP contribution in [0, 0.1) is 21.4 Å². The smallest absolute Gasteiger partial charge is 0.269 e. The minimum atomic E-state index is -0.933. The Morgan fingerprint density at radius 3 is 2.14 bits per heavy atom. The topological polar surface area (TPSA) is 99.0 Å². The van der Waals surface area contributed by atoms with Crippen LogP contribution in [0.5, 0.6) is 11.5 Å². The van der Waals surface area contributed by atoms with E-state index in [-0.39, 0.29) is 23.3 Å². The molecule has 0 radical (unpaired) electrons. The molecule has 194 valence electrons. The summed E-state index contributed by atoms with van der Waals surface area (Å²) in [5.74, 6) is 0.885. The van der Waals surface area contributed by atoms with Crippen molar-refractivity contribution in [2.75, 3.05) is 19.1 Å². The number of rotatable bonds is 9. The SMILES string of the molecule is COc1ccc(N(C(=O)C(C)(C)C)C(C(=O)CC2CCCCC2)c2ccc([N+](=O)[O-])cc2)cc1OC. The molecule has 1 fully saturated rings. The number of nitro benzene ring substituents is 1. The van der Waals surface area contributed by atoms with Crippen LogP contribution in [0.4, 0.5) is 11.4 Å². The molecule has 2 aromatic carbocycles. The average molecular weight is 497 g/mol. The van der Waals surface area contributed by atoms with E-state index in [4.69, 9.17) is 9.47 Å². The van der Waals surface area contributed by atoms with Gasteiger partial charge in [-0.3, -0.25) is 24.6 Å². The first-order valence-corrected chi connectivity index (χ1v) is 12.4. The maximum absolute atomic E-state index is 14.0. The number of anilines is 1. The van der Waals surface area contributed by atoms with Crippen molar-refractivity contribution in [3.05, 3.63) is 58.1 Å². The maximum atomic E-state index is 14.0. The molecule has 3 rings (SSSR count). The molecule has 36 heavy (non-hydrogen) atoms. The Kier molecular flexibility index (Phi) is 8.71. The number of nitro groups is 1. The molecule has 1 saturated carbocycles. The van der Waals surface area contributed by atoms with Gasteiger partial charge in [-0.2, -0.15) is 0 Å². The number of hydrogen-bond acceptors (Lipinski definition) is 6. The van der Waals surface area contributed by atoms with Gasteiger partial charge in [-0.15, -0.1) is 0 Å². The maximum Gasteiger partial charge on any atom is 0.269 e. The van der Waals surface area contributed by atoms with Crippen molar-refractivity contribution in [1.29, 1.82) is 0 Å². The molecule has 0 aromatic heterocycles. The van der Waals surface area contributed by atoms with Crippen molar-refractivity contribution in [2.24, 2.45) is 11.3 Å². The van der Waals surface area contributed by atoms with Crippen LogP contribution in [0.1, 0.15) is 70.9 Å². The lowest BCUT2D eigenvalue weighted by atomic mass is 9.83. The first-order valence-electron chi connectivity index (χ1n) is 12.4. The van der Waals surface area contributed by atoms with E-state index < -0.39 is 16.4 Å². The fraction of sp³-hybridized carbons (Fsp3) is 0.500. The summed E-state index contributed by atoms with van der Waals surface area (Å²) >= 11 is 0. The number of ketones is 1. The van der Waals surface area contributed by atoms with Gasteiger partial charge in [-0.05, 0) is 35.7 Å². The van der Waals surface area contributed by atoms with Crippen LogP contribution in [0.25, 0.3) is 0 Å². The monoisotopic (exact) mass is 496 g/mol. The number of carbonyl (C=O) groups is 2. The molecule has 8 nitrogen and oxygen atoms in total. The summed E-state index contributed by atoms with van der Waals surface area (Å²) in [7, 11) is 3.04. The molecule has 8 heteroatoms. The van der Waals surface area contributed by atoms with E-state index in [9.17, 15) is 19.7 Å². The number of methoxy groups -OCH3 is 2. The molecule has 0 saturated heterocycles. The summed E-state index contributed by atoms with van der Waals surface area (Å²) in [5.41, 5.74) is 0.163. The summed E-state index contributed by atoms with van der Waals surface area (Å²) in [6, 6.07) is 10.1. The van der Waals surface area contributed by atoms with E-state index in [1.54, 1.807) is 30.3 Å². The molecule has 1 atom stereocenters. The summed E-state index contributed by atoms with van der Waals surface area (Å²) in [6.07, 6.45) is 5.70. The Morgan fingerprint density at radius 2 is 1.61 bits per heavy atom. The Labute approximate surface area is 212 Å². The van der Waals surface area contributed by atoms with E-state index in [1.165, 1.54) is 37.7 Å². The van der Waals surface area contributed by atoms with E-state index in [0.29, 0.717) is 29.2 Å². The second kappa shape index (κ2) is 11.5. The van der Waals surface area contributed by atoms with Crippen LogP contribution in [-0.4, -0.2) is 30.8 Å². The molecule has 1 aliphatic rings. The van der Waals surface area contributed by atoms with Crippen molar-refractivity contribution < 1.29 is 24.0 Å². The van der Waals surface area contributed by atoms with Gasteiger partial charge in [0.25, 0.3) is 5.69 Å². The molecular formula is C28H36N2O6. The fourth-order valence-electron chi connectivity index (χ4n) is 4.76. The van der Waals surface area contributed by atoms with E-state index in [1.807, 2.05) is 20.8 Å². The molecule has 0 aliphatic heterocycles. The molecule has 0 N–H and O–H groups in total. The van der Waals surface area contributed by atoms with Crippen LogP contribution in [0.15, 0.2) is 42.5 Å². The van der Waals surface area contributed by atoms with Crippen LogP contribution in [-0.2, 0) is 9.59 Å². The van der Waals surface area contributed by atoms with E-state index >= 15 is 0 Å². The standard InChI is InChI=1S/C28H36N2O6/c1-28(2,3)27(32)29(22-15-16-24(35-4)25(18-22)36-5)26(20-11-13-21(14-12-20)30(33)34)23(31)17-19-9-7-6-8-10-19/h11-16,18-19,26H,6-10,17H2,1-5H3. The quantitative estimate of drug-likeness (QED) is 0.300. The molecular weight excluding hydrogens is 460 g/mol. The lowest BCUT2D eigenvalue weighted by Crippen LogP contribution is -2.45. The van der Waals surface area contributed by atoms with E-state index in [2.05, 4.69) is 0 Å². The number of amides is 1. The average Bonchev–Trinajstić information content (AvgIpc) is 2.86. The van der Waals surface area contributed by atoms with Gasteiger partial charge in [-0.25, -0.2) is 0 Å². The number of hydrogen-bond donors (Lipinski definition) is 0. The van der Waals surface area contributed by atoms with Crippen molar-refractivity contribution in [3.63, 3.8) is 0 Å². The fourth-order valence-corrected chi connectivity index (χ4v) is 4.76. The second-order valence-corrected chi connectivity index (χ2v) is 10.4. The lowest BCUT2D eigenvalue weighted by molar-refractivity contribution is -0.384. The zero-order valence-electron chi connectivity index (χ0n) is 21.8. The van der Waals surface area contributed by atoms with Crippen LogP contribution in [0.2, 0.25) is 0 Å². The number of Topliss-reactive ketones (excluding diaryl/α,β-unsaturated/α-hetero) is 1. The van der Waals surface area contributed by atoms with Crippen molar-refractivity contribution in [2.45, 2.75) is 65.3 Å². The summed E-state index contributed by atoms with van der Waals surface area (Å²) in [6.45, 7) is 5.42. The van der Waals surface area contributed by atoms with Crippen LogP contribution in [0.3, 0.4) is 0 Å². The highest BCUT2D eigenvalue weighted by Gasteiger charge is 2.38. The van der Waals surface area contributed by atoms with Gasteiger partial charge in [0.1, 0.15) is 6.04 Å². The first-order chi connectivity index (χ1) is 17.1. The summed E-state index contributed by atoms with van der Waals surface area (Å²) < 4.78 is 10.8. The van der Waals surface area contributed by atoms with Gasteiger partial charge < -0.3 is 9.47 Å². The minimum Gasteiger partial charge on any atom is -0.493 e. The van der Waals surface area contributed by atoms with Gasteiger partial charge in [0, 0.05) is 35.7 Å². The number of ether oxygens (including phenoxy) is 2. The third-order valence-electron chi connectivity index (χ3n) is 6.70. The normalized spacial score (nSPS) is 15.1. The molecule has 1 unspecified atom stereocenters. The minimum absolute atomic E-state index is 0.0722.